The molecule has 3 nitrogen and oxygen atoms in total. The van der Waals surface area contributed by atoms with Gasteiger partial charge in [0.2, 0.25) is 0 Å². The molecule has 0 spiro atoms. The molecule has 0 saturated carbocycles. The number of nitriles is 1. The van der Waals surface area contributed by atoms with Gasteiger partial charge in [-0.05, 0) is 43.7 Å². The molecule has 0 aliphatic carbocycles. The molecule has 84 valence electrons. The Labute approximate surface area is 104 Å². The lowest BCUT2D eigenvalue weighted by atomic mass is 9.91. The van der Waals surface area contributed by atoms with E-state index in [0.29, 0.717) is 6.54 Å². The Hall–Kier alpha value is -1.05. The Balaban J connectivity index is 2.12. The predicted octanol–water partition coefficient (Wildman–Crippen LogP) is 2.51. The topological polar surface area (TPSA) is 47.9 Å². The highest BCUT2D eigenvalue weighted by molar-refractivity contribution is 9.10. The van der Waals surface area contributed by atoms with Gasteiger partial charge in [-0.15, -0.1) is 0 Å². The molecule has 1 atom stereocenters. The van der Waals surface area contributed by atoms with Crippen molar-refractivity contribution in [2.24, 2.45) is 0 Å². The Kier molecular flexibility index (Phi) is 3.47. The van der Waals surface area contributed by atoms with E-state index >= 15 is 0 Å². The number of rotatable bonds is 2. The van der Waals surface area contributed by atoms with Crippen molar-refractivity contribution >= 4 is 21.6 Å². The number of hydrogen-bond acceptors (Lipinski definition) is 3. The van der Waals surface area contributed by atoms with Gasteiger partial charge in [-0.3, -0.25) is 0 Å². The first-order valence-electron chi connectivity index (χ1n) is 5.40. The lowest BCUT2D eigenvalue weighted by Crippen LogP contribution is -2.50. The minimum atomic E-state index is -0.452. The van der Waals surface area contributed by atoms with Crippen molar-refractivity contribution in [3.05, 3.63) is 28.7 Å². The number of piperidine rings is 1. The Morgan fingerprint density at radius 2 is 2.12 bits per heavy atom. The molecule has 0 radical (unpaired) electrons. The van der Waals surface area contributed by atoms with E-state index in [1.54, 1.807) is 0 Å². The van der Waals surface area contributed by atoms with Crippen LogP contribution in [0.15, 0.2) is 28.7 Å². The Morgan fingerprint density at radius 3 is 2.69 bits per heavy atom. The first kappa shape index (κ1) is 11.4. The molecule has 1 aliphatic rings. The summed E-state index contributed by atoms with van der Waals surface area (Å²) in [5, 5.41) is 15.9. The second-order valence-corrected chi connectivity index (χ2v) is 5.02. The van der Waals surface area contributed by atoms with Crippen LogP contribution in [-0.2, 0) is 0 Å². The minimum Gasteiger partial charge on any atom is -0.366 e. The van der Waals surface area contributed by atoms with Gasteiger partial charge >= 0.3 is 0 Å². The van der Waals surface area contributed by atoms with Gasteiger partial charge in [0.05, 0.1) is 6.07 Å². The van der Waals surface area contributed by atoms with E-state index in [9.17, 15) is 5.26 Å². The summed E-state index contributed by atoms with van der Waals surface area (Å²) in [5.74, 6) is 0. The molecule has 0 aromatic heterocycles. The van der Waals surface area contributed by atoms with Crippen LogP contribution in [0.1, 0.15) is 12.8 Å². The lowest BCUT2D eigenvalue weighted by molar-refractivity contribution is 0.411. The van der Waals surface area contributed by atoms with E-state index in [0.717, 1.165) is 29.5 Å². The highest BCUT2D eigenvalue weighted by atomic mass is 79.9. The van der Waals surface area contributed by atoms with Crippen LogP contribution in [0.4, 0.5) is 5.69 Å². The fourth-order valence-electron chi connectivity index (χ4n) is 1.94. The molecular weight excluding hydrogens is 266 g/mol. The number of nitrogens with one attached hydrogen (secondary N) is 2. The van der Waals surface area contributed by atoms with E-state index in [1.165, 1.54) is 0 Å². The summed E-state index contributed by atoms with van der Waals surface area (Å²) in [6.07, 6.45) is 1.93. The largest absolute Gasteiger partial charge is 0.366 e. The van der Waals surface area contributed by atoms with Crippen LogP contribution in [0.5, 0.6) is 0 Å². The third-order valence-corrected chi connectivity index (χ3v) is 3.35. The van der Waals surface area contributed by atoms with Gasteiger partial charge in [-0.25, -0.2) is 0 Å². The standard InChI is InChI=1S/C12H14BrN3/c13-10-2-4-11(5-3-10)16-12(8-14)6-1-7-15-9-12/h2-5,15-16H,1,6-7,9H2. The SMILES string of the molecule is N#CC1(Nc2ccc(Br)cc2)CCCNC1. The molecule has 1 aromatic rings. The lowest BCUT2D eigenvalue weighted by Gasteiger charge is -2.33. The number of benzene rings is 1. The highest BCUT2D eigenvalue weighted by Gasteiger charge is 2.31. The first-order valence-corrected chi connectivity index (χ1v) is 6.19. The summed E-state index contributed by atoms with van der Waals surface area (Å²) >= 11 is 3.40. The molecule has 4 heteroatoms. The molecular formula is C12H14BrN3. The molecule has 1 heterocycles. The predicted molar refractivity (Wildman–Crippen MR) is 68.2 cm³/mol. The minimum absolute atomic E-state index is 0.452. The summed E-state index contributed by atoms with van der Waals surface area (Å²) in [6.45, 7) is 1.71. The third-order valence-electron chi connectivity index (χ3n) is 2.83. The van der Waals surface area contributed by atoms with Crippen LogP contribution in [0.2, 0.25) is 0 Å². The van der Waals surface area contributed by atoms with Crippen molar-refractivity contribution in [3.63, 3.8) is 0 Å². The molecule has 0 bridgehead atoms. The van der Waals surface area contributed by atoms with Crippen molar-refractivity contribution in [2.45, 2.75) is 18.4 Å². The van der Waals surface area contributed by atoms with Gasteiger partial charge < -0.3 is 10.6 Å². The van der Waals surface area contributed by atoms with Crippen LogP contribution >= 0.6 is 15.9 Å². The monoisotopic (exact) mass is 279 g/mol. The van der Waals surface area contributed by atoms with Crippen molar-refractivity contribution in [3.8, 4) is 6.07 Å². The van der Waals surface area contributed by atoms with Crippen LogP contribution in [0.25, 0.3) is 0 Å². The zero-order chi connectivity index (χ0) is 11.4. The molecule has 0 amide bonds. The van der Waals surface area contributed by atoms with Gasteiger partial charge in [-0.1, -0.05) is 15.9 Å². The van der Waals surface area contributed by atoms with E-state index in [1.807, 2.05) is 24.3 Å². The summed E-state index contributed by atoms with van der Waals surface area (Å²) in [7, 11) is 0. The summed E-state index contributed by atoms with van der Waals surface area (Å²) in [5.41, 5.74) is 0.542. The number of nitrogens with zero attached hydrogens (tertiary/aromatic N) is 1. The second-order valence-electron chi connectivity index (χ2n) is 4.11. The van der Waals surface area contributed by atoms with Gasteiger partial charge in [-0.2, -0.15) is 5.26 Å². The van der Waals surface area contributed by atoms with Gasteiger partial charge in [0.1, 0.15) is 5.54 Å². The maximum absolute atomic E-state index is 9.30. The third kappa shape index (κ3) is 2.55. The fourth-order valence-corrected chi connectivity index (χ4v) is 2.21. The molecule has 1 aromatic carbocycles. The molecule has 1 saturated heterocycles. The van der Waals surface area contributed by atoms with Crippen LogP contribution in [0, 0.1) is 11.3 Å². The van der Waals surface area contributed by atoms with E-state index in [-0.39, 0.29) is 0 Å². The van der Waals surface area contributed by atoms with Crippen LogP contribution in [0.3, 0.4) is 0 Å². The van der Waals surface area contributed by atoms with Gasteiger partial charge in [0, 0.05) is 16.7 Å². The number of halogens is 1. The zero-order valence-corrected chi connectivity index (χ0v) is 10.5. The molecule has 1 unspecified atom stereocenters. The fraction of sp³-hybridized carbons (Fsp3) is 0.417. The Morgan fingerprint density at radius 1 is 1.38 bits per heavy atom. The van der Waals surface area contributed by atoms with Gasteiger partial charge in [0.15, 0.2) is 0 Å². The van der Waals surface area contributed by atoms with E-state index in [4.69, 9.17) is 0 Å². The molecule has 1 fully saturated rings. The van der Waals surface area contributed by atoms with Crippen LogP contribution in [-0.4, -0.2) is 18.6 Å². The molecule has 2 N–H and O–H groups in total. The number of hydrogen-bond donors (Lipinski definition) is 2. The van der Waals surface area contributed by atoms with Crippen LogP contribution < -0.4 is 10.6 Å². The smallest absolute Gasteiger partial charge is 0.138 e. The average Bonchev–Trinajstić information content (AvgIpc) is 2.33. The van der Waals surface area contributed by atoms with Crippen molar-refractivity contribution in [1.29, 1.82) is 5.26 Å². The normalized spacial score (nSPS) is 24.8. The van der Waals surface area contributed by atoms with Gasteiger partial charge in [0.25, 0.3) is 0 Å². The highest BCUT2D eigenvalue weighted by Crippen LogP contribution is 2.23. The molecule has 16 heavy (non-hydrogen) atoms. The summed E-state index contributed by atoms with van der Waals surface area (Å²) in [6, 6.07) is 10.3. The van der Waals surface area contributed by atoms with E-state index in [2.05, 4.69) is 32.6 Å². The van der Waals surface area contributed by atoms with Crippen molar-refractivity contribution in [1.82, 2.24) is 5.32 Å². The van der Waals surface area contributed by atoms with Crippen molar-refractivity contribution < 1.29 is 0 Å². The zero-order valence-electron chi connectivity index (χ0n) is 8.96. The summed E-state index contributed by atoms with van der Waals surface area (Å²) < 4.78 is 1.05. The second kappa shape index (κ2) is 4.86. The quantitative estimate of drug-likeness (QED) is 0.875. The Bertz CT molecular complexity index is 388. The first-order chi connectivity index (χ1) is 7.74. The summed E-state index contributed by atoms with van der Waals surface area (Å²) in [4.78, 5) is 0. The average molecular weight is 280 g/mol. The maximum atomic E-state index is 9.30. The maximum Gasteiger partial charge on any atom is 0.138 e. The number of anilines is 1. The molecule has 2 rings (SSSR count). The van der Waals surface area contributed by atoms with E-state index < -0.39 is 5.54 Å². The van der Waals surface area contributed by atoms with Crippen molar-refractivity contribution in [2.75, 3.05) is 18.4 Å². The molecule has 1 aliphatic heterocycles.